The van der Waals surface area contributed by atoms with Crippen LogP contribution in [0.4, 0.5) is 5.82 Å². The third-order valence-corrected chi connectivity index (χ3v) is 3.14. The summed E-state index contributed by atoms with van der Waals surface area (Å²) in [6.07, 6.45) is 1.30. The number of carbonyl (C=O) groups excluding carboxylic acids is 2. The lowest BCUT2D eigenvalue weighted by Crippen LogP contribution is -2.48. The molecule has 0 radical (unpaired) electrons. The number of piperazine rings is 1. The lowest BCUT2D eigenvalue weighted by molar-refractivity contribution is -0.131. The molecule has 5 nitrogen and oxygen atoms in total. The van der Waals surface area contributed by atoms with Crippen LogP contribution in [0.1, 0.15) is 23.8 Å². The Balaban J connectivity index is 2.00. The minimum Gasteiger partial charge on any atom is -0.353 e. The smallest absolute Gasteiger partial charge is 0.222 e. The molecule has 1 aliphatic rings. The number of rotatable bonds is 3. The van der Waals surface area contributed by atoms with Gasteiger partial charge in [0.15, 0.2) is 6.29 Å². The van der Waals surface area contributed by atoms with Crippen LogP contribution in [0.5, 0.6) is 0 Å². The van der Waals surface area contributed by atoms with E-state index in [9.17, 15) is 9.59 Å². The van der Waals surface area contributed by atoms with Crippen molar-refractivity contribution in [3.05, 3.63) is 23.9 Å². The second-order valence-electron chi connectivity index (χ2n) is 4.26. The van der Waals surface area contributed by atoms with E-state index >= 15 is 0 Å². The molecule has 0 aromatic carbocycles. The molecule has 96 valence electrons. The fourth-order valence-electron chi connectivity index (χ4n) is 2.09. The normalized spacial score (nSPS) is 15.6. The molecular formula is C13H17N3O2. The van der Waals surface area contributed by atoms with Gasteiger partial charge in [-0.1, -0.05) is 13.0 Å². The van der Waals surface area contributed by atoms with Gasteiger partial charge in [-0.05, 0) is 12.1 Å². The van der Waals surface area contributed by atoms with Gasteiger partial charge in [0.1, 0.15) is 11.5 Å². The van der Waals surface area contributed by atoms with E-state index in [4.69, 9.17) is 0 Å². The Morgan fingerprint density at radius 2 is 2.06 bits per heavy atom. The number of aromatic nitrogens is 1. The monoisotopic (exact) mass is 247 g/mol. The van der Waals surface area contributed by atoms with Crippen LogP contribution in [0.3, 0.4) is 0 Å². The molecule has 1 aromatic rings. The van der Waals surface area contributed by atoms with Crippen molar-refractivity contribution in [2.45, 2.75) is 13.3 Å². The number of nitrogens with zero attached hydrogens (tertiary/aromatic N) is 3. The van der Waals surface area contributed by atoms with Gasteiger partial charge >= 0.3 is 0 Å². The van der Waals surface area contributed by atoms with Gasteiger partial charge in [-0.15, -0.1) is 0 Å². The Labute approximate surface area is 106 Å². The minimum absolute atomic E-state index is 0.198. The number of anilines is 1. The number of carbonyl (C=O) groups is 2. The van der Waals surface area contributed by atoms with Crippen molar-refractivity contribution < 1.29 is 9.59 Å². The quantitative estimate of drug-likeness (QED) is 0.746. The van der Waals surface area contributed by atoms with Crippen LogP contribution >= 0.6 is 0 Å². The van der Waals surface area contributed by atoms with E-state index in [1.807, 2.05) is 24.0 Å². The first-order valence-electron chi connectivity index (χ1n) is 6.19. The van der Waals surface area contributed by atoms with E-state index in [-0.39, 0.29) is 5.91 Å². The highest BCUT2D eigenvalue weighted by Gasteiger charge is 2.20. The molecule has 2 heterocycles. The Morgan fingerprint density at radius 3 is 2.67 bits per heavy atom. The average Bonchev–Trinajstić information content (AvgIpc) is 2.46. The van der Waals surface area contributed by atoms with Crippen LogP contribution < -0.4 is 4.90 Å². The van der Waals surface area contributed by atoms with Crippen LogP contribution in [-0.4, -0.2) is 48.3 Å². The minimum atomic E-state index is 0.198. The Morgan fingerprint density at radius 1 is 1.33 bits per heavy atom. The van der Waals surface area contributed by atoms with E-state index in [1.54, 1.807) is 6.07 Å². The lowest BCUT2D eigenvalue weighted by Gasteiger charge is -2.35. The number of amides is 1. The third-order valence-electron chi connectivity index (χ3n) is 3.14. The van der Waals surface area contributed by atoms with Gasteiger partial charge in [-0.3, -0.25) is 9.59 Å². The van der Waals surface area contributed by atoms with Gasteiger partial charge < -0.3 is 9.80 Å². The van der Waals surface area contributed by atoms with Crippen molar-refractivity contribution >= 4 is 18.0 Å². The molecule has 5 heteroatoms. The largest absolute Gasteiger partial charge is 0.353 e. The van der Waals surface area contributed by atoms with E-state index in [2.05, 4.69) is 9.88 Å². The second kappa shape index (κ2) is 5.62. The van der Waals surface area contributed by atoms with Gasteiger partial charge in [0, 0.05) is 32.6 Å². The first kappa shape index (κ1) is 12.5. The highest BCUT2D eigenvalue weighted by Crippen LogP contribution is 2.14. The zero-order valence-corrected chi connectivity index (χ0v) is 10.5. The summed E-state index contributed by atoms with van der Waals surface area (Å²) in [6.45, 7) is 4.85. The Hall–Kier alpha value is -1.91. The van der Waals surface area contributed by atoms with Crippen LogP contribution in [-0.2, 0) is 4.79 Å². The number of hydrogen-bond acceptors (Lipinski definition) is 4. The van der Waals surface area contributed by atoms with Crippen molar-refractivity contribution in [1.82, 2.24) is 9.88 Å². The fraction of sp³-hybridized carbons (Fsp3) is 0.462. The van der Waals surface area contributed by atoms with E-state index < -0.39 is 0 Å². The molecule has 1 fully saturated rings. The summed E-state index contributed by atoms with van der Waals surface area (Å²) < 4.78 is 0. The predicted molar refractivity (Wildman–Crippen MR) is 68.7 cm³/mol. The molecule has 0 N–H and O–H groups in total. The maximum atomic E-state index is 11.6. The molecule has 0 atom stereocenters. The number of aldehydes is 1. The second-order valence-corrected chi connectivity index (χ2v) is 4.26. The molecule has 1 aliphatic heterocycles. The SMILES string of the molecule is CCC(=O)N1CCN(c2cccc(C=O)n2)CC1. The summed E-state index contributed by atoms with van der Waals surface area (Å²) in [5.74, 6) is 1.01. The molecule has 1 amide bonds. The topological polar surface area (TPSA) is 53.5 Å². The van der Waals surface area contributed by atoms with Crippen molar-refractivity contribution in [1.29, 1.82) is 0 Å². The molecule has 0 spiro atoms. The molecular weight excluding hydrogens is 230 g/mol. The van der Waals surface area contributed by atoms with Gasteiger partial charge in [0.05, 0.1) is 0 Å². The lowest BCUT2D eigenvalue weighted by atomic mass is 10.2. The number of pyridine rings is 1. The van der Waals surface area contributed by atoms with Crippen LogP contribution in [0.2, 0.25) is 0 Å². The van der Waals surface area contributed by atoms with Gasteiger partial charge in [-0.2, -0.15) is 0 Å². The molecule has 0 bridgehead atoms. The van der Waals surface area contributed by atoms with Gasteiger partial charge in [-0.25, -0.2) is 4.98 Å². The highest BCUT2D eigenvalue weighted by molar-refractivity contribution is 5.76. The summed E-state index contributed by atoms with van der Waals surface area (Å²) >= 11 is 0. The van der Waals surface area contributed by atoms with E-state index in [0.717, 1.165) is 38.3 Å². The summed E-state index contributed by atoms with van der Waals surface area (Å²) in [5, 5.41) is 0. The van der Waals surface area contributed by atoms with Gasteiger partial charge in [0.25, 0.3) is 0 Å². The van der Waals surface area contributed by atoms with E-state index in [0.29, 0.717) is 12.1 Å². The van der Waals surface area contributed by atoms with Crippen LogP contribution in [0.15, 0.2) is 18.2 Å². The highest BCUT2D eigenvalue weighted by atomic mass is 16.2. The fourth-order valence-corrected chi connectivity index (χ4v) is 2.09. The van der Waals surface area contributed by atoms with Crippen LogP contribution in [0.25, 0.3) is 0 Å². The van der Waals surface area contributed by atoms with E-state index in [1.165, 1.54) is 0 Å². The molecule has 1 saturated heterocycles. The third kappa shape index (κ3) is 2.67. The zero-order chi connectivity index (χ0) is 13.0. The summed E-state index contributed by atoms with van der Waals surface area (Å²) in [5.41, 5.74) is 0.444. The zero-order valence-electron chi connectivity index (χ0n) is 10.5. The van der Waals surface area contributed by atoms with Crippen molar-refractivity contribution in [3.8, 4) is 0 Å². The molecule has 0 saturated carbocycles. The van der Waals surface area contributed by atoms with Crippen molar-refractivity contribution in [2.75, 3.05) is 31.1 Å². The van der Waals surface area contributed by atoms with Crippen molar-refractivity contribution in [3.63, 3.8) is 0 Å². The molecule has 2 rings (SSSR count). The average molecular weight is 247 g/mol. The Bertz CT molecular complexity index is 440. The molecule has 1 aromatic heterocycles. The maximum Gasteiger partial charge on any atom is 0.222 e. The first-order chi connectivity index (χ1) is 8.74. The predicted octanol–water partition coefficient (Wildman–Crippen LogP) is 0.953. The summed E-state index contributed by atoms with van der Waals surface area (Å²) in [4.78, 5) is 30.5. The van der Waals surface area contributed by atoms with Crippen molar-refractivity contribution in [2.24, 2.45) is 0 Å². The standard InChI is InChI=1S/C13H17N3O2/c1-2-13(18)16-8-6-15(7-9-16)12-5-3-4-11(10-17)14-12/h3-5,10H,2,6-9H2,1H3. The summed E-state index contributed by atoms with van der Waals surface area (Å²) in [6, 6.07) is 5.41. The first-order valence-corrected chi connectivity index (χ1v) is 6.19. The summed E-state index contributed by atoms with van der Waals surface area (Å²) in [7, 11) is 0. The van der Waals surface area contributed by atoms with Crippen LogP contribution in [0, 0.1) is 0 Å². The molecule has 18 heavy (non-hydrogen) atoms. The maximum absolute atomic E-state index is 11.6. The molecule has 0 unspecified atom stereocenters. The number of hydrogen-bond donors (Lipinski definition) is 0. The molecule has 0 aliphatic carbocycles. The van der Waals surface area contributed by atoms with Gasteiger partial charge in [0.2, 0.25) is 5.91 Å². The Kier molecular flexibility index (Phi) is 3.92.